The van der Waals surface area contributed by atoms with Crippen molar-refractivity contribution in [1.82, 2.24) is 0 Å². The number of hydrogen-bond acceptors (Lipinski definition) is 4. The highest BCUT2D eigenvalue weighted by molar-refractivity contribution is 7.48. The number of phosphoric ester groups is 1. The Morgan fingerprint density at radius 1 is 1.11 bits per heavy atom. The molecular formula is C13H23O4P. The Balaban J connectivity index is 4.60. The maximum atomic E-state index is 12.1. The summed E-state index contributed by atoms with van der Waals surface area (Å²) in [5, 5.41) is 0. The first kappa shape index (κ1) is 17.4. The van der Waals surface area contributed by atoms with E-state index in [4.69, 9.17) is 13.6 Å². The van der Waals surface area contributed by atoms with Crippen molar-refractivity contribution >= 4 is 7.82 Å². The quantitative estimate of drug-likeness (QED) is 0.382. The van der Waals surface area contributed by atoms with Crippen LogP contribution in [-0.4, -0.2) is 19.8 Å². The third-order valence-electron chi connectivity index (χ3n) is 2.16. The normalized spacial score (nSPS) is 10.7. The molecule has 0 aromatic heterocycles. The van der Waals surface area contributed by atoms with Crippen LogP contribution in [0.1, 0.15) is 41.0 Å². The van der Waals surface area contributed by atoms with Crippen LogP contribution in [0.15, 0.2) is 11.1 Å². The molecule has 0 rings (SSSR count). The lowest BCUT2D eigenvalue weighted by molar-refractivity contribution is 0.128. The Hall–Kier alpha value is -0.590. The second-order valence-corrected chi connectivity index (χ2v) is 5.43. The third-order valence-corrected chi connectivity index (χ3v) is 3.75. The van der Waals surface area contributed by atoms with Crippen molar-refractivity contribution in [2.75, 3.05) is 19.8 Å². The minimum Gasteiger partial charge on any atom is -0.287 e. The zero-order valence-electron chi connectivity index (χ0n) is 11.9. The molecule has 0 aliphatic carbocycles. The van der Waals surface area contributed by atoms with E-state index in [0.717, 1.165) is 11.1 Å². The minimum atomic E-state index is -3.43. The maximum absolute atomic E-state index is 12.1. The van der Waals surface area contributed by atoms with Crippen molar-refractivity contribution in [3.63, 3.8) is 0 Å². The zero-order valence-corrected chi connectivity index (χ0v) is 12.8. The third kappa shape index (κ3) is 6.98. The molecule has 0 aliphatic rings. The summed E-state index contributed by atoms with van der Waals surface area (Å²) in [6.45, 7) is 10.0. The second-order valence-electron chi connectivity index (χ2n) is 3.76. The fourth-order valence-electron chi connectivity index (χ4n) is 1.15. The van der Waals surface area contributed by atoms with Gasteiger partial charge in [0, 0.05) is 6.42 Å². The zero-order chi connectivity index (χ0) is 14.0. The highest BCUT2D eigenvalue weighted by Gasteiger charge is 2.25. The van der Waals surface area contributed by atoms with E-state index in [9.17, 15) is 4.57 Å². The SMILES string of the molecule is CC#CCC(COP(=O)(OCC)OCC)=C(C)C. The van der Waals surface area contributed by atoms with Crippen LogP contribution in [0.5, 0.6) is 0 Å². The van der Waals surface area contributed by atoms with Crippen LogP contribution in [0.2, 0.25) is 0 Å². The van der Waals surface area contributed by atoms with Crippen molar-refractivity contribution in [1.29, 1.82) is 0 Å². The Morgan fingerprint density at radius 2 is 1.67 bits per heavy atom. The standard InChI is InChI=1S/C13H23O4P/c1-6-9-10-13(12(4)5)11-17-18(14,15-7-2)16-8-3/h7-8,10-11H2,1-5H3. The summed E-state index contributed by atoms with van der Waals surface area (Å²) in [7, 11) is -3.43. The molecule has 0 heterocycles. The van der Waals surface area contributed by atoms with Crippen molar-refractivity contribution in [2.24, 2.45) is 0 Å². The van der Waals surface area contributed by atoms with Crippen molar-refractivity contribution in [3.8, 4) is 11.8 Å². The van der Waals surface area contributed by atoms with Gasteiger partial charge in [0.25, 0.3) is 0 Å². The molecule has 0 spiro atoms. The molecule has 4 nitrogen and oxygen atoms in total. The van der Waals surface area contributed by atoms with Crippen LogP contribution < -0.4 is 0 Å². The molecule has 0 saturated heterocycles. The largest absolute Gasteiger partial charge is 0.475 e. The predicted octanol–water partition coefficient (Wildman–Crippen LogP) is 3.93. The van der Waals surface area contributed by atoms with Gasteiger partial charge in [-0.05, 0) is 40.2 Å². The Bertz CT molecular complexity index is 362. The lowest BCUT2D eigenvalue weighted by Crippen LogP contribution is -2.04. The van der Waals surface area contributed by atoms with E-state index in [-0.39, 0.29) is 19.8 Å². The Morgan fingerprint density at radius 3 is 2.06 bits per heavy atom. The molecule has 0 aromatic carbocycles. The molecule has 0 fully saturated rings. The Labute approximate surface area is 110 Å². The smallest absolute Gasteiger partial charge is 0.287 e. The van der Waals surface area contributed by atoms with Gasteiger partial charge in [-0.1, -0.05) is 11.5 Å². The molecule has 5 heteroatoms. The molecule has 0 bridgehead atoms. The fourth-order valence-corrected chi connectivity index (χ4v) is 2.32. The molecule has 0 aliphatic heterocycles. The van der Waals surface area contributed by atoms with E-state index >= 15 is 0 Å². The Kier molecular flexibility index (Phi) is 9.05. The van der Waals surface area contributed by atoms with Crippen LogP contribution in [0.25, 0.3) is 0 Å². The van der Waals surface area contributed by atoms with Gasteiger partial charge in [0.1, 0.15) is 0 Å². The molecule has 0 unspecified atom stereocenters. The summed E-state index contributed by atoms with van der Waals surface area (Å²) in [6, 6.07) is 0. The summed E-state index contributed by atoms with van der Waals surface area (Å²) >= 11 is 0. The molecule has 0 N–H and O–H groups in total. The highest BCUT2D eigenvalue weighted by Crippen LogP contribution is 2.49. The molecule has 0 amide bonds. The van der Waals surface area contributed by atoms with E-state index in [1.165, 1.54) is 0 Å². The monoisotopic (exact) mass is 274 g/mol. The molecule has 0 aromatic rings. The first-order valence-electron chi connectivity index (χ1n) is 6.07. The molecule has 0 saturated carbocycles. The number of hydrogen-bond donors (Lipinski definition) is 0. The average Bonchev–Trinajstić information content (AvgIpc) is 2.29. The van der Waals surface area contributed by atoms with Gasteiger partial charge in [-0.15, -0.1) is 5.92 Å². The van der Waals surface area contributed by atoms with E-state index in [1.54, 1.807) is 20.8 Å². The van der Waals surface area contributed by atoms with E-state index < -0.39 is 7.82 Å². The van der Waals surface area contributed by atoms with E-state index in [1.807, 2.05) is 13.8 Å². The minimum absolute atomic E-state index is 0.217. The first-order chi connectivity index (χ1) is 8.49. The van der Waals surface area contributed by atoms with E-state index in [0.29, 0.717) is 6.42 Å². The average molecular weight is 274 g/mol. The van der Waals surface area contributed by atoms with Gasteiger partial charge in [-0.3, -0.25) is 13.6 Å². The summed E-state index contributed by atoms with van der Waals surface area (Å²) in [6.07, 6.45) is 0.608. The molecule has 104 valence electrons. The summed E-state index contributed by atoms with van der Waals surface area (Å²) in [5.41, 5.74) is 2.11. The number of rotatable bonds is 8. The van der Waals surface area contributed by atoms with Crippen molar-refractivity contribution in [2.45, 2.75) is 41.0 Å². The van der Waals surface area contributed by atoms with Gasteiger partial charge in [0.15, 0.2) is 0 Å². The fraction of sp³-hybridized carbons (Fsp3) is 0.692. The lowest BCUT2D eigenvalue weighted by atomic mass is 10.1. The predicted molar refractivity (Wildman–Crippen MR) is 73.3 cm³/mol. The van der Waals surface area contributed by atoms with Crippen LogP contribution in [-0.2, 0) is 18.1 Å². The summed E-state index contributed by atoms with van der Waals surface area (Å²) < 4.78 is 27.5. The molecule has 18 heavy (non-hydrogen) atoms. The van der Waals surface area contributed by atoms with Crippen molar-refractivity contribution in [3.05, 3.63) is 11.1 Å². The molecular weight excluding hydrogens is 251 g/mol. The van der Waals surface area contributed by atoms with Gasteiger partial charge in [0.05, 0.1) is 19.8 Å². The topological polar surface area (TPSA) is 44.8 Å². The van der Waals surface area contributed by atoms with Gasteiger partial charge < -0.3 is 0 Å². The molecule has 0 atom stereocenters. The van der Waals surface area contributed by atoms with Crippen LogP contribution >= 0.6 is 7.82 Å². The van der Waals surface area contributed by atoms with Crippen LogP contribution in [0.3, 0.4) is 0 Å². The van der Waals surface area contributed by atoms with Crippen molar-refractivity contribution < 1.29 is 18.1 Å². The van der Waals surface area contributed by atoms with E-state index in [2.05, 4.69) is 11.8 Å². The number of allylic oxidation sites excluding steroid dienone is 1. The molecule has 0 radical (unpaired) electrons. The van der Waals surface area contributed by atoms with Gasteiger partial charge in [-0.25, -0.2) is 4.57 Å². The second kappa shape index (κ2) is 9.35. The van der Waals surface area contributed by atoms with Gasteiger partial charge in [0.2, 0.25) is 0 Å². The summed E-state index contributed by atoms with van der Waals surface area (Å²) in [4.78, 5) is 0. The van der Waals surface area contributed by atoms with Crippen LogP contribution in [0.4, 0.5) is 0 Å². The van der Waals surface area contributed by atoms with Gasteiger partial charge >= 0.3 is 7.82 Å². The lowest BCUT2D eigenvalue weighted by Gasteiger charge is -2.17. The summed E-state index contributed by atoms with van der Waals surface area (Å²) in [5.74, 6) is 5.80. The number of phosphoric acid groups is 1. The first-order valence-corrected chi connectivity index (χ1v) is 7.53. The van der Waals surface area contributed by atoms with Gasteiger partial charge in [-0.2, -0.15) is 0 Å². The maximum Gasteiger partial charge on any atom is 0.475 e. The highest BCUT2D eigenvalue weighted by atomic mass is 31.2. The van der Waals surface area contributed by atoms with Crippen LogP contribution in [0, 0.1) is 11.8 Å².